The van der Waals surface area contributed by atoms with Crippen molar-refractivity contribution in [2.45, 2.75) is 20.3 Å². The van der Waals surface area contributed by atoms with Crippen molar-refractivity contribution in [2.75, 3.05) is 18.0 Å². The van der Waals surface area contributed by atoms with Gasteiger partial charge in [-0.3, -0.25) is 4.90 Å². The maximum absolute atomic E-state index is 12.0. The predicted molar refractivity (Wildman–Crippen MR) is 72.7 cm³/mol. The number of anilines is 1. The van der Waals surface area contributed by atoms with Gasteiger partial charge < -0.3 is 10.4 Å². The zero-order valence-electron chi connectivity index (χ0n) is 11.1. The summed E-state index contributed by atoms with van der Waals surface area (Å²) >= 11 is 0. The normalized spacial score (nSPS) is 13.5. The molecule has 0 saturated carbocycles. The molecule has 102 valence electrons. The quantitative estimate of drug-likeness (QED) is 0.876. The Bertz CT molecular complexity index is 511. The van der Waals surface area contributed by atoms with Crippen LogP contribution in [-0.2, 0) is 6.42 Å². The third kappa shape index (κ3) is 2.86. The van der Waals surface area contributed by atoms with E-state index in [1.807, 2.05) is 13.8 Å². The minimum atomic E-state index is -0.939. The van der Waals surface area contributed by atoms with Crippen molar-refractivity contribution in [1.82, 2.24) is 5.32 Å². The van der Waals surface area contributed by atoms with Crippen molar-refractivity contribution in [1.29, 1.82) is 0 Å². The van der Waals surface area contributed by atoms with Crippen LogP contribution in [0.25, 0.3) is 0 Å². The van der Waals surface area contributed by atoms with Gasteiger partial charge in [0.05, 0.1) is 5.56 Å². The van der Waals surface area contributed by atoms with Crippen LogP contribution in [0.3, 0.4) is 0 Å². The van der Waals surface area contributed by atoms with Crippen LogP contribution < -0.4 is 10.2 Å². The Morgan fingerprint density at radius 2 is 2.16 bits per heavy atom. The van der Waals surface area contributed by atoms with E-state index in [4.69, 9.17) is 5.11 Å². The third-order valence-electron chi connectivity index (χ3n) is 3.13. The molecular formula is C14H18N2O3. The van der Waals surface area contributed by atoms with Gasteiger partial charge in [0.1, 0.15) is 0 Å². The van der Waals surface area contributed by atoms with Crippen LogP contribution in [-0.4, -0.2) is 30.2 Å². The highest BCUT2D eigenvalue weighted by atomic mass is 16.4. The molecule has 0 atom stereocenters. The van der Waals surface area contributed by atoms with Gasteiger partial charge in [0.15, 0.2) is 0 Å². The van der Waals surface area contributed by atoms with Crippen molar-refractivity contribution < 1.29 is 14.7 Å². The van der Waals surface area contributed by atoms with Gasteiger partial charge >= 0.3 is 12.0 Å². The number of fused-ring (bicyclic) bond motifs is 1. The molecule has 5 nitrogen and oxygen atoms in total. The summed E-state index contributed by atoms with van der Waals surface area (Å²) in [5.74, 6) is -0.536. The number of hydrogen-bond acceptors (Lipinski definition) is 2. The highest BCUT2D eigenvalue weighted by Gasteiger charge is 2.25. The molecule has 0 spiro atoms. The van der Waals surface area contributed by atoms with Crippen LogP contribution in [0, 0.1) is 5.92 Å². The molecule has 1 aliphatic heterocycles. The highest BCUT2D eigenvalue weighted by molar-refractivity contribution is 5.96. The summed E-state index contributed by atoms with van der Waals surface area (Å²) < 4.78 is 0. The summed E-state index contributed by atoms with van der Waals surface area (Å²) in [5.41, 5.74) is 1.99. The fraction of sp³-hybridized carbons (Fsp3) is 0.429. The van der Waals surface area contributed by atoms with Crippen LogP contribution in [0.15, 0.2) is 18.2 Å². The van der Waals surface area contributed by atoms with Gasteiger partial charge in [-0.1, -0.05) is 13.8 Å². The molecule has 2 amide bonds. The second-order valence-electron chi connectivity index (χ2n) is 5.13. The Morgan fingerprint density at radius 1 is 1.42 bits per heavy atom. The molecule has 0 aromatic heterocycles. The smallest absolute Gasteiger partial charge is 0.335 e. The third-order valence-corrected chi connectivity index (χ3v) is 3.13. The molecule has 2 N–H and O–H groups in total. The molecular weight excluding hydrogens is 244 g/mol. The maximum Gasteiger partial charge on any atom is 0.335 e. The van der Waals surface area contributed by atoms with Gasteiger partial charge in [-0.05, 0) is 36.1 Å². The summed E-state index contributed by atoms with van der Waals surface area (Å²) in [6.07, 6.45) is 0.700. The summed E-state index contributed by atoms with van der Waals surface area (Å²) in [6, 6.07) is 4.78. The van der Waals surface area contributed by atoms with Crippen molar-refractivity contribution in [3.63, 3.8) is 0 Å². The van der Waals surface area contributed by atoms with E-state index in [0.717, 1.165) is 11.3 Å². The molecule has 0 fully saturated rings. The molecule has 1 aliphatic rings. The Labute approximate surface area is 112 Å². The lowest BCUT2D eigenvalue weighted by Gasteiger charge is -2.19. The average Bonchev–Trinajstić information content (AvgIpc) is 2.78. The number of urea groups is 1. The zero-order valence-corrected chi connectivity index (χ0v) is 11.1. The maximum atomic E-state index is 12.0. The van der Waals surface area contributed by atoms with Crippen LogP contribution >= 0.6 is 0 Å². The number of carboxylic acids is 1. The number of benzene rings is 1. The monoisotopic (exact) mass is 262 g/mol. The topological polar surface area (TPSA) is 69.6 Å². The minimum absolute atomic E-state index is 0.115. The second-order valence-corrected chi connectivity index (χ2v) is 5.13. The van der Waals surface area contributed by atoms with Crippen LogP contribution in [0.1, 0.15) is 29.8 Å². The standard InChI is InChI=1S/C14H18N2O3/c1-9(2)8-15-14(19)16-6-5-10-7-11(13(17)18)3-4-12(10)16/h3-4,7,9H,5-6,8H2,1-2H3,(H,15,19)(H,17,18). The van der Waals surface area contributed by atoms with Gasteiger partial charge in [0.25, 0.3) is 0 Å². The second kappa shape index (κ2) is 5.30. The Balaban J connectivity index is 2.13. The van der Waals surface area contributed by atoms with Crippen LogP contribution in [0.2, 0.25) is 0 Å². The largest absolute Gasteiger partial charge is 0.478 e. The molecule has 19 heavy (non-hydrogen) atoms. The van der Waals surface area contributed by atoms with Crippen molar-refractivity contribution in [3.8, 4) is 0 Å². The first-order chi connectivity index (χ1) is 8.99. The number of aromatic carboxylic acids is 1. The first-order valence-electron chi connectivity index (χ1n) is 6.40. The number of nitrogens with zero attached hydrogens (tertiary/aromatic N) is 1. The molecule has 1 heterocycles. The van der Waals surface area contributed by atoms with Crippen LogP contribution in [0.5, 0.6) is 0 Å². The van der Waals surface area contributed by atoms with Crippen molar-refractivity contribution >= 4 is 17.7 Å². The minimum Gasteiger partial charge on any atom is -0.478 e. The molecule has 0 radical (unpaired) electrons. The molecule has 1 aromatic rings. The lowest BCUT2D eigenvalue weighted by Crippen LogP contribution is -2.40. The molecule has 5 heteroatoms. The van der Waals surface area contributed by atoms with E-state index in [1.165, 1.54) is 6.07 Å². The Kier molecular flexibility index (Phi) is 3.74. The van der Waals surface area contributed by atoms with Crippen molar-refractivity contribution in [3.05, 3.63) is 29.3 Å². The van der Waals surface area contributed by atoms with Crippen LogP contribution in [0.4, 0.5) is 10.5 Å². The summed E-state index contributed by atoms with van der Waals surface area (Å²) in [7, 11) is 0. The van der Waals surface area contributed by atoms with E-state index in [2.05, 4.69) is 5.32 Å². The van der Waals surface area contributed by atoms with Gasteiger partial charge in [-0.25, -0.2) is 9.59 Å². The number of carboxylic acid groups (broad SMARTS) is 1. The molecule has 1 aromatic carbocycles. The lowest BCUT2D eigenvalue weighted by atomic mass is 10.1. The number of rotatable bonds is 3. The molecule has 0 aliphatic carbocycles. The Hall–Kier alpha value is -2.04. The summed E-state index contributed by atoms with van der Waals surface area (Å²) in [6.45, 7) is 5.31. The number of hydrogen-bond donors (Lipinski definition) is 2. The number of carbonyl (C=O) groups excluding carboxylic acids is 1. The SMILES string of the molecule is CC(C)CNC(=O)N1CCc2cc(C(=O)O)ccc21. The number of carbonyl (C=O) groups is 2. The van der Waals surface area contributed by atoms with Gasteiger partial charge in [-0.15, -0.1) is 0 Å². The first-order valence-corrected chi connectivity index (χ1v) is 6.40. The highest BCUT2D eigenvalue weighted by Crippen LogP contribution is 2.28. The fourth-order valence-electron chi connectivity index (χ4n) is 2.13. The predicted octanol–water partition coefficient (Wildman–Crippen LogP) is 2.11. The van der Waals surface area contributed by atoms with E-state index in [-0.39, 0.29) is 11.6 Å². The molecule has 0 bridgehead atoms. The Morgan fingerprint density at radius 3 is 2.79 bits per heavy atom. The molecule has 2 rings (SSSR count). The fourth-order valence-corrected chi connectivity index (χ4v) is 2.13. The summed E-state index contributed by atoms with van der Waals surface area (Å²) in [5, 5.41) is 11.8. The van der Waals surface area contributed by atoms with E-state index in [0.29, 0.717) is 25.4 Å². The van der Waals surface area contributed by atoms with Gasteiger partial charge in [0, 0.05) is 18.8 Å². The first kappa shape index (κ1) is 13.4. The molecule has 0 saturated heterocycles. The van der Waals surface area contributed by atoms with E-state index in [1.54, 1.807) is 17.0 Å². The average molecular weight is 262 g/mol. The summed E-state index contributed by atoms with van der Waals surface area (Å²) in [4.78, 5) is 24.6. The van der Waals surface area contributed by atoms with E-state index in [9.17, 15) is 9.59 Å². The lowest BCUT2D eigenvalue weighted by molar-refractivity contribution is 0.0697. The molecule has 0 unspecified atom stereocenters. The van der Waals surface area contributed by atoms with E-state index >= 15 is 0 Å². The van der Waals surface area contributed by atoms with Gasteiger partial charge in [-0.2, -0.15) is 0 Å². The van der Waals surface area contributed by atoms with Gasteiger partial charge in [0.2, 0.25) is 0 Å². The number of nitrogens with one attached hydrogen (secondary N) is 1. The van der Waals surface area contributed by atoms with Crippen molar-refractivity contribution in [2.24, 2.45) is 5.92 Å². The van der Waals surface area contributed by atoms with E-state index < -0.39 is 5.97 Å². The number of amides is 2. The zero-order chi connectivity index (χ0) is 14.0.